The molecule has 2 aliphatic carbocycles. The zero-order chi connectivity index (χ0) is 19.6. The molecule has 0 bridgehead atoms. The third kappa shape index (κ3) is 2.53. The molecular weight excluding hydrogens is 450 g/mol. The maximum absolute atomic E-state index is 12.9. The van der Waals surface area contributed by atoms with Crippen molar-refractivity contribution in [2.75, 3.05) is 18.5 Å². The van der Waals surface area contributed by atoms with Crippen molar-refractivity contribution in [1.82, 2.24) is 9.78 Å². The molecule has 2 aromatic rings. The molecule has 5 rings (SSSR count). The summed E-state index contributed by atoms with van der Waals surface area (Å²) in [5.74, 6) is 0.180. The minimum Gasteiger partial charge on any atom is -0.475 e. The summed E-state index contributed by atoms with van der Waals surface area (Å²) in [6.45, 7) is 0.0306. The molecule has 2 heterocycles. The molecule has 0 radical (unpaired) electrons. The number of amides is 2. The molecule has 0 fully saturated rings. The third-order valence-electron chi connectivity index (χ3n) is 5.56. The molecular formula is C17H18BrN5O4S. The highest BCUT2D eigenvalue weighted by Gasteiger charge is 2.33. The highest BCUT2D eigenvalue weighted by molar-refractivity contribution is 9.10. The van der Waals surface area contributed by atoms with E-state index in [9.17, 15) is 14.1 Å². The van der Waals surface area contributed by atoms with Crippen molar-refractivity contribution < 1.29 is 18.8 Å². The molecule has 1 aliphatic heterocycles. The Morgan fingerprint density at radius 3 is 2.57 bits per heavy atom. The number of hydrogen-bond donors (Lipinski definition) is 3. The molecule has 1 unspecified atom stereocenters. The summed E-state index contributed by atoms with van der Waals surface area (Å²) in [6, 6.07) is -1.12. The van der Waals surface area contributed by atoms with Crippen molar-refractivity contribution in [2.45, 2.75) is 36.6 Å². The Labute approximate surface area is 169 Å². The lowest BCUT2D eigenvalue weighted by Gasteiger charge is -2.33. The van der Waals surface area contributed by atoms with Crippen molar-refractivity contribution in [3.8, 4) is 5.88 Å². The van der Waals surface area contributed by atoms with Crippen LogP contribution in [0.25, 0.3) is 0 Å². The fourth-order valence-corrected chi connectivity index (χ4v) is 5.78. The number of nitrogens with one attached hydrogen (secondary N) is 1. The van der Waals surface area contributed by atoms with E-state index in [-0.39, 0.29) is 30.0 Å². The first kappa shape index (κ1) is 18.1. The predicted octanol–water partition coefficient (Wildman–Crippen LogP) is 1.70. The predicted molar refractivity (Wildman–Crippen MR) is 105 cm³/mol. The number of aliphatic hydroxyl groups is 1. The highest BCUT2D eigenvalue weighted by atomic mass is 79.9. The lowest BCUT2D eigenvalue weighted by atomic mass is 9.76. The molecule has 2 amide bonds. The van der Waals surface area contributed by atoms with Gasteiger partial charge in [0.15, 0.2) is 9.92 Å². The van der Waals surface area contributed by atoms with E-state index in [1.165, 1.54) is 22.0 Å². The van der Waals surface area contributed by atoms with Crippen LogP contribution in [0, 0.1) is 0 Å². The summed E-state index contributed by atoms with van der Waals surface area (Å²) in [5, 5.41) is 22.1. The van der Waals surface area contributed by atoms with E-state index in [0.717, 1.165) is 47.0 Å². The number of carbonyl (C=O) groups excluding carboxylic acids is 1. The normalized spacial score (nSPS) is 20.6. The number of benzene rings is 1. The van der Waals surface area contributed by atoms with Gasteiger partial charge in [0.2, 0.25) is 5.88 Å². The summed E-state index contributed by atoms with van der Waals surface area (Å²) in [5.41, 5.74) is 5.45. The quantitative estimate of drug-likeness (QED) is 0.631. The SMILES string of the molecule is NS(=O)(=NC(=O)Nc1c2c(c(Br)c3c1CC3)CC2)c1cnn2c1OC[C@H]2CO. The van der Waals surface area contributed by atoms with E-state index in [2.05, 4.69) is 30.7 Å². The number of fused-ring (bicyclic) bond motifs is 3. The summed E-state index contributed by atoms with van der Waals surface area (Å²) in [4.78, 5) is 12.6. The Morgan fingerprint density at radius 1 is 1.36 bits per heavy atom. The van der Waals surface area contributed by atoms with Crippen LogP contribution in [0.3, 0.4) is 0 Å². The van der Waals surface area contributed by atoms with Gasteiger partial charge in [-0.25, -0.2) is 18.8 Å². The lowest BCUT2D eigenvalue weighted by molar-refractivity contribution is 0.206. The van der Waals surface area contributed by atoms with Crippen molar-refractivity contribution >= 4 is 37.6 Å². The van der Waals surface area contributed by atoms with Crippen molar-refractivity contribution in [2.24, 2.45) is 9.50 Å². The van der Waals surface area contributed by atoms with Gasteiger partial charge in [-0.15, -0.1) is 4.36 Å². The number of carbonyl (C=O) groups is 1. The third-order valence-corrected chi connectivity index (χ3v) is 7.87. The van der Waals surface area contributed by atoms with E-state index in [1.807, 2.05) is 0 Å². The highest BCUT2D eigenvalue weighted by Crippen LogP contribution is 2.46. The Balaban J connectivity index is 1.47. The molecule has 148 valence electrons. The number of hydrogen-bond acceptors (Lipinski definition) is 5. The van der Waals surface area contributed by atoms with E-state index in [0.29, 0.717) is 0 Å². The summed E-state index contributed by atoms with van der Waals surface area (Å²) < 4.78 is 24.7. The first-order chi connectivity index (χ1) is 13.4. The molecule has 0 spiro atoms. The number of aliphatic hydroxyl groups excluding tert-OH is 1. The number of urea groups is 1. The van der Waals surface area contributed by atoms with Gasteiger partial charge in [0, 0.05) is 10.2 Å². The Hall–Kier alpha value is -1.95. The number of nitrogens with two attached hydrogens (primary N) is 1. The molecule has 1 aromatic heterocycles. The fourth-order valence-electron chi connectivity index (χ4n) is 3.91. The van der Waals surface area contributed by atoms with Gasteiger partial charge < -0.3 is 15.2 Å². The molecule has 9 nitrogen and oxygen atoms in total. The minimum atomic E-state index is -3.55. The number of ether oxygens (including phenoxy) is 1. The Kier molecular flexibility index (Phi) is 4.06. The molecule has 0 saturated carbocycles. The average molecular weight is 468 g/mol. The maximum atomic E-state index is 12.9. The van der Waals surface area contributed by atoms with Crippen LogP contribution >= 0.6 is 15.9 Å². The van der Waals surface area contributed by atoms with Crippen LogP contribution < -0.4 is 15.2 Å². The van der Waals surface area contributed by atoms with E-state index in [4.69, 9.17) is 9.88 Å². The monoisotopic (exact) mass is 467 g/mol. The number of nitrogens with zero attached hydrogens (tertiary/aromatic N) is 3. The summed E-state index contributed by atoms with van der Waals surface area (Å²) in [6.07, 6.45) is 5.00. The fraction of sp³-hybridized carbons (Fsp3) is 0.412. The van der Waals surface area contributed by atoms with Crippen LogP contribution in [-0.2, 0) is 35.6 Å². The topological polar surface area (TPSA) is 132 Å². The second-order valence-corrected chi connectivity index (χ2v) is 9.65. The van der Waals surface area contributed by atoms with Crippen LogP contribution in [0.1, 0.15) is 28.3 Å². The van der Waals surface area contributed by atoms with Crippen LogP contribution in [0.2, 0.25) is 0 Å². The minimum absolute atomic E-state index is 0.0513. The Bertz CT molecular complexity index is 1120. The van der Waals surface area contributed by atoms with Gasteiger partial charge in [-0.3, -0.25) is 0 Å². The van der Waals surface area contributed by atoms with Gasteiger partial charge >= 0.3 is 6.03 Å². The molecule has 3 aliphatic rings. The summed E-state index contributed by atoms with van der Waals surface area (Å²) in [7, 11) is -3.55. The smallest absolute Gasteiger partial charge is 0.354 e. The van der Waals surface area contributed by atoms with Gasteiger partial charge in [0.1, 0.15) is 17.5 Å². The van der Waals surface area contributed by atoms with Crippen LogP contribution in [0.15, 0.2) is 19.9 Å². The van der Waals surface area contributed by atoms with Crippen LogP contribution in [0.4, 0.5) is 10.5 Å². The standard InChI is InChI=1S/C17H18BrN5O4S/c18-14-9-1-3-11(9)15(12-4-2-10(12)14)21-17(25)22-28(19,26)13-5-20-23-8(6-24)7-27-16(13)23/h5,8,24H,1-4,6-7H2,(H3,19,21,22,25,26)/t8-,28?/m1/s1. The lowest BCUT2D eigenvalue weighted by Crippen LogP contribution is -2.25. The van der Waals surface area contributed by atoms with Crippen LogP contribution in [0.5, 0.6) is 5.88 Å². The number of anilines is 1. The van der Waals surface area contributed by atoms with Crippen LogP contribution in [-0.4, -0.2) is 38.3 Å². The van der Waals surface area contributed by atoms with Crippen molar-refractivity contribution in [3.63, 3.8) is 0 Å². The average Bonchev–Trinajstić information content (AvgIpc) is 3.12. The number of rotatable bonds is 3. The van der Waals surface area contributed by atoms with Gasteiger partial charge in [0.05, 0.1) is 12.8 Å². The number of halogens is 1. The van der Waals surface area contributed by atoms with Gasteiger partial charge in [-0.1, -0.05) is 15.9 Å². The molecule has 1 aromatic carbocycles. The first-order valence-electron chi connectivity index (χ1n) is 8.92. The van der Waals surface area contributed by atoms with Crippen molar-refractivity contribution in [3.05, 3.63) is 32.9 Å². The maximum Gasteiger partial charge on any atom is 0.354 e. The molecule has 11 heteroatoms. The second-order valence-electron chi connectivity index (χ2n) is 7.10. The van der Waals surface area contributed by atoms with E-state index in [1.54, 1.807) is 0 Å². The zero-order valence-electron chi connectivity index (χ0n) is 14.8. The van der Waals surface area contributed by atoms with Gasteiger partial charge in [-0.2, -0.15) is 5.10 Å². The zero-order valence-corrected chi connectivity index (χ0v) is 17.2. The largest absolute Gasteiger partial charge is 0.475 e. The van der Waals surface area contributed by atoms with E-state index < -0.39 is 15.9 Å². The first-order valence-corrected chi connectivity index (χ1v) is 11.3. The van der Waals surface area contributed by atoms with Crippen molar-refractivity contribution in [1.29, 1.82) is 0 Å². The molecule has 28 heavy (non-hydrogen) atoms. The second kappa shape index (κ2) is 6.28. The van der Waals surface area contributed by atoms with Gasteiger partial charge in [0.25, 0.3) is 0 Å². The van der Waals surface area contributed by atoms with E-state index >= 15 is 0 Å². The number of aromatic nitrogens is 2. The Morgan fingerprint density at radius 2 is 2.00 bits per heavy atom. The molecule has 0 saturated heterocycles. The van der Waals surface area contributed by atoms with Gasteiger partial charge in [-0.05, 0) is 47.9 Å². The molecule has 2 atom stereocenters. The summed E-state index contributed by atoms with van der Waals surface area (Å²) >= 11 is 3.65. The molecule has 4 N–H and O–H groups in total.